The summed E-state index contributed by atoms with van der Waals surface area (Å²) in [5.41, 5.74) is -1.51. The van der Waals surface area contributed by atoms with Crippen LogP contribution in [-0.4, -0.2) is 23.9 Å². The van der Waals surface area contributed by atoms with Crippen molar-refractivity contribution in [3.05, 3.63) is 0 Å². The summed E-state index contributed by atoms with van der Waals surface area (Å²) in [4.78, 5) is 0. The van der Waals surface area contributed by atoms with Crippen molar-refractivity contribution in [2.75, 3.05) is 0 Å². The van der Waals surface area contributed by atoms with Crippen molar-refractivity contribution in [3.8, 4) is 0 Å². The van der Waals surface area contributed by atoms with Crippen LogP contribution in [0.5, 0.6) is 0 Å². The molecule has 22 heavy (non-hydrogen) atoms. The fourth-order valence-electron chi connectivity index (χ4n) is 3.65. The van der Waals surface area contributed by atoms with Crippen LogP contribution < -0.4 is 5.32 Å². The van der Waals surface area contributed by atoms with Crippen LogP contribution in [0.4, 0.5) is 26.3 Å². The van der Waals surface area contributed by atoms with E-state index in [0.29, 0.717) is 12.8 Å². The average molecular weight is 333 g/mol. The van der Waals surface area contributed by atoms with Crippen LogP contribution in [-0.2, 0) is 0 Å². The van der Waals surface area contributed by atoms with Gasteiger partial charge in [0.25, 0.3) is 0 Å². The van der Waals surface area contributed by atoms with Crippen LogP contribution in [0.15, 0.2) is 0 Å². The lowest BCUT2D eigenvalue weighted by atomic mass is 9.71. The molecule has 0 aromatic rings. The van der Waals surface area contributed by atoms with E-state index in [0.717, 1.165) is 12.8 Å². The van der Waals surface area contributed by atoms with E-state index in [1.807, 2.05) is 0 Å². The molecule has 1 aliphatic carbocycles. The molecule has 7 heteroatoms. The van der Waals surface area contributed by atoms with Crippen LogP contribution in [0.25, 0.3) is 0 Å². The van der Waals surface area contributed by atoms with Gasteiger partial charge in [-0.05, 0) is 18.8 Å². The number of halogens is 6. The molecule has 2 unspecified atom stereocenters. The molecule has 1 saturated carbocycles. The van der Waals surface area contributed by atoms with Gasteiger partial charge in [0.2, 0.25) is 0 Å². The summed E-state index contributed by atoms with van der Waals surface area (Å²) < 4.78 is 77.8. The molecule has 0 saturated heterocycles. The number of rotatable bonds is 4. The molecule has 1 N–H and O–H groups in total. The number of nitrogens with one attached hydrogen (secondary N) is 1. The van der Waals surface area contributed by atoms with Gasteiger partial charge in [-0.15, -0.1) is 0 Å². The van der Waals surface area contributed by atoms with Gasteiger partial charge in [-0.3, -0.25) is 0 Å². The highest BCUT2D eigenvalue weighted by atomic mass is 19.4. The maximum Gasteiger partial charge on any atom is 0.390 e. The first kappa shape index (κ1) is 19.6. The molecule has 0 radical (unpaired) electrons. The molecule has 0 aliphatic heterocycles. The molecule has 1 fully saturated rings. The second kappa shape index (κ2) is 7.41. The molecule has 0 bridgehead atoms. The Bertz CT molecular complexity index is 336. The molecule has 1 aliphatic rings. The molecular weight excluding hydrogens is 308 g/mol. The number of alkyl halides is 6. The van der Waals surface area contributed by atoms with Crippen LogP contribution in [0.3, 0.4) is 0 Å². The lowest BCUT2D eigenvalue weighted by molar-refractivity contribution is -0.179. The zero-order valence-corrected chi connectivity index (χ0v) is 13.1. The van der Waals surface area contributed by atoms with E-state index in [9.17, 15) is 26.3 Å². The van der Waals surface area contributed by atoms with Gasteiger partial charge < -0.3 is 5.32 Å². The minimum absolute atomic E-state index is 0.144. The number of hydrogen-bond acceptors (Lipinski definition) is 1. The zero-order valence-electron chi connectivity index (χ0n) is 13.1. The summed E-state index contributed by atoms with van der Waals surface area (Å²) in [6.45, 7) is 3.36. The van der Waals surface area contributed by atoms with Crippen molar-refractivity contribution in [2.24, 2.45) is 5.92 Å². The third-order valence-corrected chi connectivity index (χ3v) is 4.28. The minimum atomic E-state index is -4.48. The quantitative estimate of drug-likeness (QED) is 0.661. The topological polar surface area (TPSA) is 12.0 Å². The summed E-state index contributed by atoms with van der Waals surface area (Å²) in [6, 6.07) is -0.294. The van der Waals surface area contributed by atoms with Gasteiger partial charge in [0.05, 0.1) is 6.42 Å². The SMILES string of the molecule is CC(C)NC1(CC(F)(F)F)CCCCCCC1CC(F)(F)F. The van der Waals surface area contributed by atoms with E-state index in [-0.39, 0.29) is 18.9 Å². The Kier molecular flexibility index (Phi) is 6.59. The molecular formula is C15H25F6N. The van der Waals surface area contributed by atoms with Crippen molar-refractivity contribution in [2.45, 2.75) is 89.1 Å². The highest BCUT2D eigenvalue weighted by molar-refractivity contribution is 4.98. The highest BCUT2D eigenvalue weighted by Gasteiger charge is 2.50. The first-order valence-corrected chi connectivity index (χ1v) is 7.85. The van der Waals surface area contributed by atoms with Gasteiger partial charge in [0.1, 0.15) is 0 Å². The Balaban J connectivity index is 3.13. The van der Waals surface area contributed by atoms with Crippen LogP contribution in [0.2, 0.25) is 0 Å². The molecule has 0 heterocycles. The smallest absolute Gasteiger partial charge is 0.308 e. The molecule has 0 aromatic heterocycles. The third-order valence-electron chi connectivity index (χ3n) is 4.28. The first-order chi connectivity index (χ1) is 9.94. The van der Waals surface area contributed by atoms with Gasteiger partial charge in [-0.2, -0.15) is 26.3 Å². The van der Waals surface area contributed by atoms with Gasteiger partial charge >= 0.3 is 12.4 Å². The molecule has 0 amide bonds. The summed E-state index contributed by atoms with van der Waals surface area (Å²) in [7, 11) is 0. The maximum absolute atomic E-state index is 13.1. The molecule has 1 nitrogen and oxygen atoms in total. The van der Waals surface area contributed by atoms with Crippen LogP contribution in [0, 0.1) is 5.92 Å². The molecule has 2 atom stereocenters. The molecule has 0 spiro atoms. The monoisotopic (exact) mass is 333 g/mol. The second-order valence-electron chi connectivity index (χ2n) is 6.72. The van der Waals surface area contributed by atoms with Gasteiger partial charge in [-0.25, -0.2) is 0 Å². The van der Waals surface area contributed by atoms with Crippen molar-refractivity contribution in [3.63, 3.8) is 0 Å². The molecule has 132 valence electrons. The van der Waals surface area contributed by atoms with Crippen LogP contribution in [0.1, 0.15) is 65.2 Å². The Morgan fingerprint density at radius 2 is 1.55 bits per heavy atom. The first-order valence-electron chi connectivity index (χ1n) is 7.85. The summed E-state index contributed by atoms with van der Waals surface area (Å²) in [5.74, 6) is -1.03. The lowest BCUT2D eigenvalue weighted by Crippen LogP contribution is -2.57. The Hall–Kier alpha value is -0.460. The van der Waals surface area contributed by atoms with Crippen molar-refractivity contribution < 1.29 is 26.3 Å². The van der Waals surface area contributed by atoms with Crippen LogP contribution >= 0.6 is 0 Å². The standard InChI is InChI=1S/C15H25F6N/c1-11(2)22-13(10-15(19,20)21)8-6-4-3-5-7-12(13)9-14(16,17)18/h11-12,22H,3-10H2,1-2H3. The van der Waals surface area contributed by atoms with E-state index >= 15 is 0 Å². The zero-order chi connectivity index (χ0) is 17.0. The second-order valence-corrected chi connectivity index (χ2v) is 6.72. The van der Waals surface area contributed by atoms with E-state index in [2.05, 4.69) is 5.32 Å². The van der Waals surface area contributed by atoms with E-state index in [1.165, 1.54) is 0 Å². The Morgan fingerprint density at radius 1 is 0.955 bits per heavy atom. The van der Waals surface area contributed by atoms with Crippen molar-refractivity contribution >= 4 is 0 Å². The fourth-order valence-corrected chi connectivity index (χ4v) is 3.65. The van der Waals surface area contributed by atoms with Crippen molar-refractivity contribution in [1.29, 1.82) is 0 Å². The molecule has 0 aromatic carbocycles. The van der Waals surface area contributed by atoms with E-state index < -0.39 is 36.7 Å². The van der Waals surface area contributed by atoms with E-state index in [4.69, 9.17) is 0 Å². The third kappa shape index (κ3) is 6.75. The fraction of sp³-hybridized carbons (Fsp3) is 1.00. The number of hydrogen-bond donors (Lipinski definition) is 1. The predicted molar refractivity (Wildman–Crippen MR) is 73.5 cm³/mol. The summed E-state index contributed by atoms with van der Waals surface area (Å²) in [5, 5.41) is 2.87. The van der Waals surface area contributed by atoms with Gasteiger partial charge in [0.15, 0.2) is 0 Å². The van der Waals surface area contributed by atoms with Gasteiger partial charge in [-0.1, -0.05) is 39.5 Å². The maximum atomic E-state index is 13.1. The largest absolute Gasteiger partial charge is 0.390 e. The average Bonchev–Trinajstić information content (AvgIpc) is 2.25. The summed E-state index contributed by atoms with van der Waals surface area (Å²) in [6.07, 6.45) is -8.28. The Labute approximate surface area is 127 Å². The Morgan fingerprint density at radius 3 is 2.05 bits per heavy atom. The van der Waals surface area contributed by atoms with E-state index in [1.54, 1.807) is 13.8 Å². The predicted octanol–water partition coefficient (Wildman–Crippen LogP) is 5.60. The lowest BCUT2D eigenvalue weighted by Gasteiger charge is -2.45. The highest BCUT2D eigenvalue weighted by Crippen LogP contribution is 2.44. The molecule has 1 rings (SSSR count). The normalized spacial score (nSPS) is 28.5. The van der Waals surface area contributed by atoms with Crippen molar-refractivity contribution in [1.82, 2.24) is 5.32 Å². The van der Waals surface area contributed by atoms with Gasteiger partial charge in [0, 0.05) is 18.0 Å². The summed E-state index contributed by atoms with van der Waals surface area (Å²) >= 11 is 0. The minimum Gasteiger partial charge on any atom is -0.308 e.